The van der Waals surface area contributed by atoms with Crippen molar-refractivity contribution in [2.45, 2.75) is 25.7 Å². The SMILES string of the molecule is C=CC1CCC(C#Cc2cccc3c(F)c(C=C(F)F)ccc23)CC1. The molecule has 0 heterocycles. The second-order valence-electron chi connectivity index (χ2n) is 6.42. The molecular weight excluding hydrogens is 321 g/mol. The molecule has 1 fully saturated rings. The zero-order chi connectivity index (χ0) is 17.8. The van der Waals surface area contributed by atoms with E-state index in [4.69, 9.17) is 0 Å². The Kier molecular flexibility index (Phi) is 5.28. The quantitative estimate of drug-likeness (QED) is 0.429. The van der Waals surface area contributed by atoms with E-state index < -0.39 is 11.9 Å². The normalized spacial score (nSPS) is 19.8. The van der Waals surface area contributed by atoms with Crippen LogP contribution in [-0.2, 0) is 0 Å². The summed E-state index contributed by atoms with van der Waals surface area (Å²) >= 11 is 0. The Bertz CT molecular complexity index is 871. The molecule has 1 aliphatic rings. The van der Waals surface area contributed by atoms with Gasteiger partial charge in [-0.1, -0.05) is 42.2 Å². The fourth-order valence-electron chi connectivity index (χ4n) is 3.36. The van der Waals surface area contributed by atoms with Gasteiger partial charge in [0.15, 0.2) is 0 Å². The van der Waals surface area contributed by atoms with Gasteiger partial charge >= 0.3 is 0 Å². The van der Waals surface area contributed by atoms with Crippen LogP contribution < -0.4 is 0 Å². The van der Waals surface area contributed by atoms with Crippen molar-refractivity contribution in [3.63, 3.8) is 0 Å². The van der Waals surface area contributed by atoms with E-state index in [-0.39, 0.29) is 5.56 Å². The van der Waals surface area contributed by atoms with Gasteiger partial charge in [0.1, 0.15) is 5.82 Å². The van der Waals surface area contributed by atoms with Crippen LogP contribution in [-0.4, -0.2) is 0 Å². The van der Waals surface area contributed by atoms with Gasteiger partial charge in [0, 0.05) is 33.9 Å². The molecule has 0 atom stereocenters. The molecule has 2 aromatic rings. The van der Waals surface area contributed by atoms with Crippen molar-refractivity contribution in [1.29, 1.82) is 0 Å². The van der Waals surface area contributed by atoms with Crippen molar-refractivity contribution < 1.29 is 13.2 Å². The van der Waals surface area contributed by atoms with Crippen LogP contribution in [0.3, 0.4) is 0 Å². The second-order valence-corrected chi connectivity index (χ2v) is 6.42. The summed E-state index contributed by atoms with van der Waals surface area (Å²) < 4.78 is 39.3. The molecule has 0 radical (unpaired) electrons. The maximum atomic E-state index is 14.5. The molecule has 0 N–H and O–H groups in total. The molecule has 3 rings (SSSR count). The fraction of sp³-hybridized carbons (Fsp3) is 0.273. The summed E-state index contributed by atoms with van der Waals surface area (Å²) in [5.41, 5.74) is 0.624. The Hall–Kier alpha value is -2.47. The van der Waals surface area contributed by atoms with Gasteiger partial charge in [-0.05, 0) is 37.7 Å². The largest absolute Gasteiger partial charge is 0.271 e. The molecule has 0 unspecified atom stereocenters. The predicted octanol–water partition coefficient (Wildman–Crippen LogP) is 6.56. The molecule has 0 aliphatic heterocycles. The molecule has 25 heavy (non-hydrogen) atoms. The van der Waals surface area contributed by atoms with Gasteiger partial charge in [0.2, 0.25) is 0 Å². The second kappa shape index (κ2) is 7.61. The van der Waals surface area contributed by atoms with E-state index in [0.29, 0.717) is 28.7 Å². The Labute approximate surface area is 146 Å². The number of hydrogen-bond acceptors (Lipinski definition) is 0. The predicted molar refractivity (Wildman–Crippen MR) is 96.6 cm³/mol. The van der Waals surface area contributed by atoms with Crippen molar-refractivity contribution in [1.82, 2.24) is 0 Å². The number of allylic oxidation sites excluding steroid dienone is 1. The molecule has 1 saturated carbocycles. The zero-order valence-electron chi connectivity index (χ0n) is 13.9. The van der Waals surface area contributed by atoms with Crippen LogP contribution in [0.25, 0.3) is 16.8 Å². The van der Waals surface area contributed by atoms with Gasteiger partial charge in [0.05, 0.1) is 0 Å². The smallest absolute Gasteiger partial charge is 0.206 e. The van der Waals surface area contributed by atoms with Gasteiger partial charge < -0.3 is 0 Å². The van der Waals surface area contributed by atoms with Crippen molar-refractivity contribution in [2.24, 2.45) is 11.8 Å². The summed E-state index contributed by atoms with van der Waals surface area (Å²) in [6.45, 7) is 3.85. The van der Waals surface area contributed by atoms with E-state index in [2.05, 4.69) is 18.4 Å². The first-order valence-corrected chi connectivity index (χ1v) is 8.46. The van der Waals surface area contributed by atoms with Crippen LogP contribution in [0.2, 0.25) is 0 Å². The first-order chi connectivity index (χ1) is 12.1. The molecule has 3 heteroatoms. The lowest BCUT2D eigenvalue weighted by Crippen LogP contribution is -2.11. The Morgan fingerprint density at radius 1 is 1.04 bits per heavy atom. The summed E-state index contributed by atoms with van der Waals surface area (Å²) in [6, 6.07) is 8.18. The fourth-order valence-corrected chi connectivity index (χ4v) is 3.36. The lowest BCUT2D eigenvalue weighted by atomic mass is 9.82. The summed E-state index contributed by atoms with van der Waals surface area (Å²) in [5.74, 6) is 6.77. The maximum absolute atomic E-state index is 14.5. The number of halogens is 3. The highest BCUT2D eigenvalue weighted by molar-refractivity contribution is 5.90. The number of rotatable bonds is 2. The first-order valence-electron chi connectivity index (χ1n) is 8.46. The monoisotopic (exact) mass is 340 g/mol. The standard InChI is InChI=1S/C22H19F3/c1-2-15-6-8-16(9-7-15)10-11-17-4-3-5-20-19(17)13-12-18(22(20)25)14-21(23)24/h2-5,12-16H,1,6-9H2. The molecule has 2 aromatic carbocycles. The zero-order valence-corrected chi connectivity index (χ0v) is 13.9. The molecule has 0 aromatic heterocycles. The highest BCUT2D eigenvalue weighted by Gasteiger charge is 2.17. The molecule has 0 spiro atoms. The average Bonchev–Trinajstić information content (AvgIpc) is 2.62. The number of benzene rings is 2. The van der Waals surface area contributed by atoms with Crippen molar-refractivity contribution >= 4 is 16.8 Å². The Morgan fingerprint density at radius 3 is 2.48 bits per heavy atom. The van der Waals surface area contributed by atoms with Crippen molar-refractivity contribution in [2.75, 3.05) is 0 Å². The lowest BCUT2D eigenvalue weighted by Gasteiger charge is -2.22. The molecular formula is C22H19F3. The molecule has 0 saturated heterocycles. The van der Waals surface area contributed by atoms with Crippen LogP contribution in [0, 0.1) is 29.5 Å². The molecule has 128 valence electrons. The summed E-state index contributed by atoms with van der Waals surface area (Å²) in [7, 11) is 0. The minimum atomic E-state index is -1.91. The number of fused-ring (bicyclic) bond motifs is 1. The molecule has 0 bridgehead atoms. The van der Waals surface area contributed by atoms with Crippen LogP contribution in [0.1, 0.15) is 36.8 Å². The summed E-state index contributed by atoms with van der Waals surface area (Å²) in [4.78, 5) is 0. The minimum Gasteiger partial charge on any atom is -0.206 e. The van der Waals surface area contributed by atoms with E-state index in [0.717, 1.165) is 31.2 Å². The molecule has 0 nitrogen and oxygen atoms in total. The average molecular weight is 340 g/mol. The third-order valence-electron chi connectivity index (χ3n) is 4.81. The van der Waals surface area contributed by atoms with Gasteiger partial charge in [0.25, 0.3) is 6.08 Å². The van der Waals surface area contributed by atoms with Crippen molar-refractivity contribution in [3.05, 3.63) is 66.0 Å². The topological polar surface area (TPSA) is 0 Å². The van der Waals surface area contributed by atoms with Crippen LogP contribution >= 0.6 is 0 Å². The van der Waals surface area contributed by atoms with Gasteiger partial charge in [-0.3, -0.25) is 0 Å². The van der Waals surface area contributed by atoms with Crippen LogP contribution in [0.4, 0.5) is 13.2 Å². The van der Waals surface area contributed by atoms with Crippen LogP contribution in [0.15, 0.2) is 49.1 Å². The third kappa shape index (κ3) is 3.96. The summed E-state index contributed by atoms with van der Waals surface area (Å²) in [5, 5.41) is 0.973. The first kappa shape index (κ1) is 17.4. The minimum absolute atomic E-state index is 0.111. The molecule has 1 aliphatic carbocycles. The van der Waals surface area contributed by atoms with E-state index >= 15 is 0 Å². The van der Waals surface area contributed by atoms with Crippen molar-refractivity contribution in [3.8, 4) is 11.8 Å². The van der Waals surface area contributed by atoms with Gasteiger partial charge in [-0.25, -0.2) is 4.39 Å². The number of hydrogen-bond donors (Lipinski definition) is 0. The van der Waals surface area contributed by atoms with Gasteiger partial charge in [-0.15, -0.1) is 6.58 Å². The maximum Gasteiger partial charge on any atom is 0.271 e. The van der Waals surface area contributed by atoms with E-state index in [1.807, 2.05) is 12.1 Å². The van der Waals surface area contributed by atoms with E-state index in [9.17, 15) is 13.2 Å². The van der Waals surface area contributed by atoms with E-state index in [1.165, 1.54) is 6.07 Å². The third-order valence-corrected chi connectivity index (χ3v) is 4.81. The molecule has 0 amide bonds. The van der Waals surface area contributed by atoms with Gasteiger partial charge in [-0.2, -0.15) is 8.78 Å². The van der Waals surface area contributed by atoms with E-state index in [1.54, 1.807) is 18.2 Å². The lowest BCUT2D eigenvalue weighted by molar-refractivity contribution is 0.365. The Morgan fingerprint density at radius 2 is 1.80 bits per heavy atom. The van der Waals surface area contributed by atoms with Crippen LogP contribution in [0.5, 0.6) is 0 Å². The summed E-state index contributed by atoms with van der Waals surface area (Å²) in [6.07, 6.45) is 4.97. The highest BCUT2D eigenvalue weighted by atomic mass is 19.3. The highest BCUT2D eigenvalue weighted by Crippen LogP contribution is 2.29. The Balaban J connectivity index is 1.91.